The first-order valence-electron chi connectivity index (χ1n) is 11.3. The van der Waals surface area contributed by atoms with E-state index in [4.69, 9.17) is 4.52 Å². The zero-order valence-corrected chi connectivity index (χ0v) is 19.5. The van der Waals surface area contributed by atoms with Crippen LogP contribution in [0.2, 0.25) is 0 Å². The van der Waals surface area contributed by atoms with Crippen molar-refractivity contribution in [3.05, 3.63) is 77.4 Å². The number of carbonyl (C=O) groups excluding carboxylic acids is 1. The number of nitrogens with zero attached hydrogens (tertiary/aromatic N) is 5. The zero-order valence-electron chi connectivity index (χ0n) is 19.5. The topological polar surface area (TPSA) is 86.3 Å². The Bertz CT molecular complexity index is 1400. The fourth-order valence-electron chi connectivity index (χ4n) is 4.34. The summed E-state index contributed by atoms with van der Waals surface area (Å²) in [5.74, 6) is -0.544. The highest BCUT2D eigenvalue weighted by molar-refractivity contribution is 5.98. The van der Waals surface area contributed by atoms with Crippen LogP contribution in [0.5, 0.6) is 5.75 Å². The molecule has 0 radical (unpaired) electrons. The van der Waals surface area contributed by atoms with Crippen molar-refractivity contribution in [2.24, 2.45) is 0 Å². The number of hydrogen-bond acceptors (Lipinski definition) is 6. The average molecular weight is 497 g/mol. The number of amides is 1. The van der Waals surface area contributed by atoms with Crippen LogP contribution in [0.15, 0.2) is 59.4 Å². The van der Waals surface area contributed by atoms with Gasteiger partial charge in [-0.05, 0) is 68.1 Å². The number of para-hydroxylation sites is 1. The summed E-state index contributed by atoms with van der Waals surface area (Å²) < 4.78 is 49.7. The molecule has 4 aromatic rings. The summed E-state index contributed by atoms with van der Waals surface area (Å²) in [7, 11) is 0. The Morgan fingerprint density at radius 2 is 1.92 bits per heavy atom. The van der Waals surface area contributed by atoms with Crippen LogP contribution >= 0.6 is 0 Å². The van der Waals surface area contributed by atoms with Crippen molar-refractivity contribution in [2.45, 2.75) is 39.1 Å². The maximum atomic E-state index is 13.7. The predicted octanol–water partition coefficient (Wildman–Crippen LogP) is 5.42. The van der Waals surface area contributed by atoms with Gasteiger partial charge in [-0.2, -0.15) is 10.1 Å². The minimum atomic E-state index is -4.87. The van der Waals surface area contributed by atoms with Gasteiger partial charge in [0.25, 0.3) is 5.91 Å². The molecule has 1 saturated heterocycles. The predicted molar refractivity (Wildman–Crippen MR) is 122 cm³/mol. The number of carbonyl (C=O) groups is 1. The van der Waals surface area contributed by atoms with E-state index in [9.17, 15) is 18.0 Å². The molecule has 2 aromatic heterocycles. The number of likely N-dealkylation sites (tertiary alicyclic amines) is 1. The normalized spacial score (nSPS) is 15.9. The van der Waals surface area contributed by atoms with E-state index in [0.717, 1.165) is 11.1 Å². The highest BCUT2D eigenvalue weighted by Gasteiger charge is 2.37. The van der Waals surface area contributed by atoms with Crippen LogP contribution in [0.25, 0.3) is 17.1 Å². The molecule has 0 bridgehead atoms. The van der Waals surface area contributed by atoms with Crippen molar-refractivity contribution < 1.29 is 27.2 Å². The number of alkyl halides is 3. The SMILES string of the molecule is Cc1cc(C(=O)N2CCCC2c2nc(-c3ccccc3OC(F)(F)F)no2)c(-n2cccn2)cc1C. The first kappa shape index (κ1) is 23.6. The van der Waals surface area contributed by atoms with E-state index in [1.165, 1.54) is 18.2 Å². The second-order valence-electron chi connectivity index (χ2n) is 8.56. The molecule has 3 heterocycles. The third-order valence-electron chi connectivity index (χ3n) is 6.19. The quantitative estimate of drug-likeness (QED) is 0.366. The van der Waals surface area contributed by atoms with Gasteiger partial charge in [0.15, 0.2) is 0 Å². The summed E-state index contributed by atoms with van der Waals surface area (Å²) in [6.45, 7) is 4.38. The molecule has 5 rings (SSSR count). The molecular formula is C25H22F3N5O3. The van der Waals surface area contributed by atoms with Crippen molar-refractivity contribution in [2.75, 3.05) is 6.54 Å². The minimum absolute atomic E-state index is 0.0378. The van der Waals surface area contributed by atoms with Crippen molar-refractivity contribution >= 4 is 5.91 Å². The molecule has 1 aliphatic heterocycles. The van der Waals surface area contributed by atoms with Gasteiger partial charge < -0.3 is 14.2 Å². The van der Waals surface area contributed by atoms with Gasteiger partial charge in [-0.25, -0.2) is 4.68 Å². The molecule has 1 unspecified atom stereocenters. The molecule has 2 aromatic carbocycles. The van der Waals surface area contributed by atoms with Crippen molar-refractivity contribution in [3.63, 3.8) is 0 Å². The number of benzene rings is 2. The van der Waals surface area contributed by atoms with E-state index in [0.29, 0.717) is 30.6 Å². The van der Waals surface area contributed by atoms with E-state index in [1.54, 1.807) is 34.1 Å². The molecule has 0 aliphatic carbocycles. The summed E-state index contributed by atoms with van der Waals surface area (Å²) in [4.78, 5) is 19.8. The fourth-order valence-corrected chi connectivity index (χ4v) is 4.34. The largest absolute Gasteiger partial charge is 0.573 e. The summed E-state index contributed by atoms with van der Waals surface area (Å²) in [6, 6.07) is 10.6. The molecule has 11 heteroatoms. The van der Waals surface area contributed by atoms with Crippen LogP contribution in [0.4, 0.5) is 13.2 Å². The van der Waals surface area contributed by atoms with Crippen molar-refractivity contribution in [3.8, 4) is 22.8 Å². The number of halogens is 3. The Balaban J connectivity index is 1.47. The van der Waals surface area contributed by atoms with Gasteiger partial charge in [-0.1, -0.05) is 17.3 Å². The first-order chi connectivity index (χ1) is 17.2. The van der Waals surface area contributed by atoms with Gasteiger partial charge in [0, 0.05) is 18.9 Å². The standard InChI is InChI=1S/C25H22F3N5O3/c1-15-13-18(20(14-16(15)2)33-12-6-10-29-33)24(34)32-11-5-8-19(32)23-30-22(31-36-23)17-7-3-4-9-21(17)35-25(26,27)28/h3-4,6-7,9-10,12-14,19H,5,8,11H2,1-2H3. The lowest BCUT2D eigenvalue weighted by molar-refractivity contribution is -0.274. The molecule has 0 N–H and O–H groups in total. The van der Waals surface area contributed by atoms with E-state index >= 15 is 0 Å². The number of hydrogen-bond donors (Lipinski definition) is 0. The van der Waals surface area contributed by atoms with E-state index in [1.807, 2.05) is 26.0 Å². The van der Waals surface area contributed by atoms with Gasteiger partial charge in [0.1, 0.15) is 11.8 Å². The number of ether oxygens (including phenoxy) is 1. The smallest absolute Gasteiger partial charge is 0.405 e. The Morgan fingerprint density at radius 1 is 1.14 bits per heavy atom. The van der Waals surface area contributed by atoms with Crippen LogP contribution < -0.4 is 4.74 Å². The fraction of sp³-hybridized carbons (Fsp3) is 0.280. The summed E-state index contributed by atoms with van der Waals surface area (Å²) in [5, 5.41) is 8.17. The van der Waals surface area contributed by atoms with Gasteiger partial charge in [0.05, 0.1) is 16.8 Å². The number of aryl methyl sites for hydroxylation is 2. The van der Waals surface area contributed by atoms with Gasteiger partial charge in [-0.15, -0.1) is 13.2 Å². The van der Waals surface area contributed by atoms with Gasteiger partial charge in [-0.3, -0.25) is 4.79 Å². The third-order valence-corrected chi connectivity index (χ3v) is 6.19. The van der Waals surface area contributed by atoms with Crippen LogP contribution in [-0.2, 0) is 0 Å². The molecule has 1 amide bonds. The lowest BCUT2D eigenvalue weighted by atomic mass is 10.0. The Morgan fingerprint density at radius 3 is 2.67 bits per heavy atom. The van der Waals surface area contributed by atoms with Crippen LogP contribution in [0, 0.1) is 13.8 Å². The van der Waals surface area contributed by atoms with Crippen LogP contribution in [0.1, 0.15) is 46.3 Å². The van der Waals surface area contributed by atoms with Gasteiger partial charge in [0.2, 0.25) is 11.7 Å². The highest BCUT2D eigenvalue weighted by atomic mass is 19.4. The molecule has 36 heavy (non-hydrogen) atoms. The Labute approximate surface area is 204 Å². The summed E-state index contributed by atoms with van der Waals surface area (Å²) >= 11 is 0. The van der Waals surface area contributed by atoms with Crippen molar-refractivity contribution in [1.29, 1.82) is 0 Å². The Hall–Kier alpha value is -4.15. The molecule has 1 fully saturated rings. The maximum Gasteiger partial charge on any atom is 0.573 e. The molecule has 0 saturated carbocycles. The third kappa shape index (κ3) is 4.56. The first-order valence-corrected chi connectivity index (χ1v) is 11.3. The second kappa shape index (κ2) is 9.14. The molecular weight excluding hydrogens is 475 g/mol. The summed E-state index contributed by atoms with van der Waals surface area (Å²) in [5.41, 5.74) is 3.17. The monoisotopic (exact) mass is 497 g/mol. The molecule has 0 spiro atoms. The molecule has 186 valence electrons. The highest BCUT2D eigenvalue weighted by Crippen LogP contribution is 2.37. The second-order valence-corrected chi connectivity index (χ2v) is 8.56. The van der Waals surface area contributed by atoms with Crippen molar-refractivity contribution in [1.82, 2.24) is 24.8 Å². The van der Waals surface area contributed by atoms with Gasteiger partial charge >= 0.3 is 6.36 Å². The minimum Gasteiger partial charge on any atom is -0.405 e. The van der Waals surface area contributed by atoms with E-state index in [2.05, 4.69) is 20.0 Å². The molecule has 1 aliphatic rings. The Kier molecular flexibility index (Phi) is 5.99. The molecule has 8 nitrogen and oxygen atoms in total. The maximum absolute atomic E-state index is 13.7. The number of rotatable bonds is 5. The number of aromatic nitrogens is 4. The zero-order chi connectivity index (χ0) is 25.4. The van der Waals surface area contributed by atoms with Crippen LogP contribution in [0.3, 0.4) is 0 Å². The lowest BCUT2D eigenvalue weighted by Crippen LogP contribution is -2.31. The molecule has 1 atom stereocenters. The van der Waals surface area contributed by atoms with E-state index in [-0.39, 0.29) is 23.2 Å². The van der Waals surface area contributed by atoms with E-state index < -0.39 is 18.2 Å². The summed E-state index contributed by atoms with van der Waals surface area (Å²) in [6.07, 6.45) is -0.162. The average Bonchev–Trinajstić information content (AvgIpc) is 3.60. The lowest BCUT2D eigenvalue weighted by Gasteiger charge is -2.24. The van der Waals surface area contributed by atoms with Crippen LogP contribution in [-0.4, -0.2) is 43.6 Å².